The van der Waals surface area contributed by atoms with Gasteiger partial charge in [-0.1, -0.05) is 164 Å². The molecule has 1 aliphatic rings. The van der Waals surface area contributed by atoms with Crippen molar-refractivity contribution in [1.82, 2.24) is 0 Å². The van der Waals surface area contributed by atoms with Crippen LogP contribution in [0.15, 0.2) is 164 Å². The van der Waals surface area contributed by atoms with E-state index in [0.29, 0.717) is 0 Å². The topological polar surface area (TPSA) is 0 Å². The largest absolute Gasteiger partial charge is 0.0622 e. The van der Waals surface area contributed by atoms with E-state index in [9.17, 15) is 0 Å². The zero-order chi connectivity index (χ0) is 27.9. The van der Waals surface area contributed by atoms with Gasteiger partial charge in [0.15, 0.2) is 0 Å². The first-order valence-electron chi connectivity index (χ1n) is 14.6. The molecule has 0 radical (unpaired) electrons. The van der Waals surface area contributed by atoms with Gasteiger partial charge in [-0.15, -0.1) is 0 Å². The van der Waals surface area contributed by atoms with Gasteiger partial charge in [0.2, 0.25) is 0 Å². The molecule has 7 aromatic carbocycles. The minimum Gasteiger partial charge on any atom is -0.0622 e. The maximum atomic E-state index is 2.38. The van der Waals surface area contributed by atoms with Crippen molar-refractivity contribution in [1.29, 1.82) is 0 Å². The first-order chi connectivity index (χ1) is 20.9. The molecule has 7 aromatic rings. The van der Waals surface area contributed by atoms with Crippen molar-refractivity contribution >= 4 is 34.6 Å². The van der Waals surface area contributed by atoms with Crippen LogP contribution in [0.5, 0.6) is 0 Å². The lowest BCUT2D eigenvalue weighted by molar-refractivity contribution is 1.27. The molecule has 1 aliphatic carbocycles. The second kappa shape index (κ2) is 10.6. The summed E-state index contributed by atoms with van der Waals surface area (Å²) in [4.78, 5) is 0. The van der Waals surface area contributed by atoms with Crippen LogP contribution in [-0.4, -0.2) is 0 Å². The standard InChI is InChI=1S/C41H29P/c1-3-17-31(18-4-1)42(32-19-5-2-6-20-32)40-25-12-11-23-38(40)41-37(35-24-13-16-29-14-7-9-21-33(29)35)27-26-36-34-22-10-8-15-30(34)28-39(36)41/h1-27H,28H2. The van der Waals surface area contributed by atoms with E-state index in [-0.39, 0.29) is 0 Å². The number of fused-ring (bicyclic) bond motifs is 4. The van der Waals surface area contributed by atoms with Crippen molar-refractivity contribution < 1.29 is 0 Å². The summed E-state index contributed by atoms with van der Waals surface area (Å²) >= 11 is 0. The molecule has 0 fully saturated rings. The Morgan fingerprint density at radius 2 is 0.952 bits per heavy atom. The van der Waals surface area contributed by atoms with Gasteiger partial charge in [-0.2, -0.15) is 0 Å². The molecule has 198 valence electrons. The number of benzene rings is 7. The van der Waals surface area contributed by atoms with Crippen LogP contribution in [0.25, 0.3) is 44.2 Å². The monoisotopic (exact) mass is 552 g/mol. The van der Waals surface area contributed by atoms with Gasteiger partial charge in [0, 0.05) is 0 Å². The minimum absolute atomic E-state index is 0.771. The summed E-state index contributed by atoms with van der Waals surface area (Å²) in [6, 6.07) is 60.5. The highest BCUT2D eigenvalue weighted by Crippen LogP contribution is 2.48. The van der Waals surface area contributed by atoms with Crippen molar-refractivity contribution in [2.45, 2.75) is 6.42 Å². The Morgan fingerprint density at radius 1 is 0.381 bits per heavy atom. The minimum atomic E-state index is -0.771. The molecular weight excluding hydrogens is 523 g/mol. The first kappa shape index (κ1) is 25.0. The Kier molecular flexibility index (Phi) is 6.29. The Hall–Kier alpha value is -4.77. The van der Waals surface area contributed by atoms with Crippen molar-refractivity contribution in [3.63, 3.8) is 0 Å². The van der Waals surface area contributed by atoms with Gasteiger partial charge in [0.25, 0.3) is 0 Å². The van der Waals surface area contributed by atoms with E-state index >= 15 is 0 Å². The first-order valence-corrected chi connectivity index (χ1v) is 15.9. The molecule has 0 saturated heterocycles. The van der Waals surface area contributed by atoms with E-state index in [1.807, 2.05) is 0 Å². The lowest BCUT2D eigenvalue weighted by Crippen LogP contribution is -2.22. The fourth-order valence-electron chi connectivity index (χ4n) is 6.67. The summed E-state index contributed by atoms with van der Waals surface area (Å²) in [6.07, 6.45) is 0.947. The fourth-order valence-corrected chi connectivity index (χ4v) is 9.12. The molecule has 0 aromatic heterocycles. The molecule has 1 heteroatoms. The number of rotatable bonds is 5. The number of hydrogen-bond donors (Lipinski definition) is 0. The maximum absolute atomic E-state index is 2.38. The van der Waals surface area contributed by atoms with Crippen LogP contribution < -0.4 is 15.9 Å². The molecule has 8 rings (SSSR count). The zero-order valence-corrected chi connectivity index (χ0v) is 24.1. The van der Waals surface area contributed by atoms with Gasteiger partial charge < -0.3 is 0 Å². The van der Waals surface area contributed by atoms with Gasteiger partial charge in [-0.25, -0.2) is 0 Å². The molecule has 0 unspecified atom stereocenters. The molecule has 0 saturated carbocycles. The molecule has 0 spiro atoms. The van der Waals surface area contributed by atoms with Crippen LogP contribution in [-0.2, 0) is 6.42 Å². The molecular formula is C41H29P. The molecule has 0 N–H and O–H groups in total. The lowest BCUT2D eigenvalue weighted by atomic mass is 9.86. The van der Waals surface area contributed by atoms with Crippen LogP contribution >= 0.6 is 7.92 Å². The van der Waals surface area contributed by atoms with Crippen LogP contribution in [0.3, 0.4) is 0 Å². The van der Waals surface area contributed by atoms with Crippen LogP contribution in [0, 0.1) is 0 Å². The predicted octanol–water partition coefficient (Wildman–Crippen LogP) is 9.50. The molecule has 42 heavy (non-hydrogen) atoms. The Bertz CT molecular complexity index is 2010. The summed E-state index contributed by atoms with van der Waals surface area (Å²) < 4.78 is 0. The Morgan fingerprint density at radius 3 is 1.74 bits per heavy atom. The SMILES string of the molecule is c1ccc(P(c2ccccc2)c2ccccc2-c2c(-c3cccc4ccccc34)ccc3c2Cc2ccccc2-3)cc1. The highest BCUT2D eigenvalue weighted by Gasteiger charge is 2.28. The number of hydrogen-bond acceptors (Lipinski definition) is 0. The molecule has 0 aliphatic heterocycles. The summed E-state index contributed by atoms with van der Waals surface area (Å²) in [6.45, 7) is 0. The fraction of sp³-hybridized carbons (Fsp3) is 0.0244. The maximum Gasteiger partial charge on any atom is -0.000706 e. The normalized spacial score (nSPS) is 11.9. The quantitative estimate of drug-likeness (QED) is 0.187. The van der Waals surface area contributed by atoms with Crippen molar-refractivity contribution in [3.8, 4) is 33.4 Å². The van der Waals surface area contributed by atoms with Gasteiger partial charge in [-0.3, -0.25) is 0 Å². The second-order valence-electron chi connectivity index (χ2n) is 10.9. The van der Waals surface area contributed by atoms with E-state index in [0.717, 1.165) is 6.42 Å². The predicted molar refractivity (Wildman–Crippen MR) is 182 cm³/mol. The summed E-state index contributed by atoms with van der Waals surface area (Å²) in [5, 5.41) is 6.70. The Balaban J connectivity index is 1.45. The van der Waals surface area contributed by atoms with Crippen LogP contribution in [0.4, 0.5) is 0 Å². The third-order valence-corrected chi connectivity index (χ3v) is 11.0. The van der Waals surface area contributed by atoms with Crippen molar-refractivity contribution in [3.05, 3.63) is 175 Å². The molecule has 0 nitrogen and oxygen atoms in total. The average Bonchev–Trinajstić information content (AvgIpc) is 3.44. The van der Waals surface area contributed by atoms with E-state index in [1.165, 1.54) is 71.2 Å². The van der Waals surface area contributed by atoms with E-state index in [4.69, 9.17) is 0 Å². The van der Waals surface area contributed by atoms with Gasteiger partial charge in [-0.05, 0) is 85.5 Å². The summed E-state index contributed by atoms with van der Waals surface area (Å²) in [5.41, 5.74) is 10.9. The van der Waals surface area contributed by atoms with Crippen molar-refractivity contribution in [2.75, 3.05) is 0 Å². The third kappa shape index (κ3) is 4.19. The molecule has 0 amide bonds. The zero-order valence-electron chi connectivity index (χ0n) is 23.2. The summed E-state index contributed by atoms with van der Waals surface area (Å²) in [7, 11) is -0.771. The lowest BCUT2D eigenvalue weighted by Gasteiger charge is -2.25. The second-order valence-corrected chi connectivity index (χ2v) is 13.1. The molecule has 0 atom stereocenters. The average molecular weight is 553 g/mol. The van der Waals surface area contributed by atoms with Crippen LogP contribution in [0.2, 0.25) is 0 Å². The van der Waals surface area contributed by atoms with Gasteiger partial charge in [0.1, 0.15) is 0 Å². The Labute approximate surface area is 248 Å². The smallest absolute Gasteiger partial charge is 0.000706 e. The molecule has 0 heterocycles. The van der Waals surface area contributed by atoms with E-state index in [2.05, 4.69) is 164 Å². The van der Waals surface area contributed by atoms with E-state index < -0.39 is 7.92 Å². The van der Waals surface area contributed by atoms with Crippen LogP contribution in [0.1, 0.15) is 11.1 Å². The van der Waals surface area contributed by atoms with Gasteiger partial charge >= 0.3 is 0 Å². The highest BCUT2D eigenvalue weighted by molar-refractivity contribution is 7.80. The van der Waals surface area contributed by atoms with Crippen molar-refractivity contribution in [2.24, 2.45) is 0 Å². The molecule has 0 bridgehead atoms. The highest BCUT2D eigenvalue weighted by atomic mass is 31.1. The third-order valence-electron chi connectivity index (χ3n) is 8.51. The van der Waals surface area contributed by atoms with E-state index in [1.54, 1.807) is 0 Å². The summed E-state index contributed by atoms with van der Waals surface area (Å²) in [5.74, 6) is 0. The van der Waals surface area contributed by atoms with Gasteiger partial charge in [0.05, 0.1) is 0 Å².